The van der Waals surface area contributed by atoms with Crippen molar-refractivity contribution in [3.05, 3.63) is 52.1 Å². The molecular weight excluding hydrogens is 481 g/mol. The maximum atomic E-state index is 6.57. The smallest absolute Gasteiger partial charge is 0.127 e. The lowest BCUT2D eigenvalue weighted by Gasteiger charge is -2.38. The Morgan fingerprint density at radius 1 is 0.970 bits per heavy atom. The van der Waals surface area contributed by atoms with Crippen LogP contribution < -0.4 is 15.2 Å². The summed E-state index contributed by atoms with van der Waals surface area (Å²) in [5, 5.41) is 0. The van der Waals surface area contributed by atoms with E-state index in [0.29, 0.717) is 0 Å². The number of anilines is 1. The monoisotopic (exact) mass is 517 g/mol. The van der Waals surface area contributed by atoms with Crippen molar-refractivity contribution in [2.24, 2.45) is 0 Å². The maximum absolute atomic E-state index is 6.57. The van der Waals surface area contributed by atoms with E-state index in [1.54, 1.807) is 7.11 Å². The largest absolute Gasteiger partial charge is 0.497 e. The quantitative estimate of drug-likeness (QED) is 0.566. The number of halogens is 3. The zero-order valence-electron chi connectivity index (χ0n) is 20.3. The molecule has 0 aliphatic carbocycles. The van der Waals surface area contributed by atoms with Crippen LogP contribution in [0.1, 0.15) is 34.7 Å². The molecule has 1 atom stereocenters. The van der Waals surface area contributed by atoms with E-state index in [9.17, 15) is 0 Å². The number of fused-ring (bicyclic) bond motifs is 1. The first-order valence-electron chi connectivity index (χ1n) is 10.9. The fraction of sp³-hybridized carbons (Fsp3) is 0.520. The van der Waals surface area contributed by atoms with Gasteiger partial charge in [0, 0.05) is 56.9 Å². The lowest BCUT2D eigenvalue weighted by atomic mass is 9.91. The Labute approximate surface area is 217 Å². The van der Waals surface area contributed by atoms with E-state index in [1.807, 2.05) is 6.07 Å². The van der Waals surface area contributed by atoms with Crippen molar-refractivity contribution in [2.45, 2.75) is 46.3 Å². The molecule has 0 radical (unpaired) electrons. The van der Waals surface area contributed by atoms with Gasteiger partial charge < -0.3 is 15.2 Å². The van der Waals surface area contributed by atoms with Crippen molar-refractivity contribution in [1.82, 2.24) is 9.80 Å². The predicted molar refractivity (Wildman–Crippen MR) is 144 cm³/mol. The first kappa shape index (κ1) is 29.7. The molecule has 1 unspecified atom stereocenters. The van der Waals surface area contributed by atoms with E-state index in [4.69, 9.17) is 15.2 Å². The van der Waals surface area contributed by atoms with Crippen LogP contribution in [0.2, 0.25) is 0 Å². The van der Waals surface area contributed by atoms with Crippen LogP contribution in [0.15, 0.2) is 24.3 Å². The summed E-state index contributed by atoms with van der Waals surface area (Å²) in [6, 6.07) is 8.38. The Balaban J connectivity index is 0.00000181. The van der Waals surface area contributed by atoms with Crippen molar-refractivity contribution in [1.29, 1.82) is 0 Å². The molecule has 2 aromatic carbocycles. The minimum atomic E-state index is -0.187. The van der Waals surface area contributed by atoms with Gasteiger partial charge in [-0.2, -0.15) is 0 Å². The summed E-state index contributed by atoms with van der Waals surface area (Å²) in [4.78, 5) is 5.07. The van der Waals surface area contributed by atoms with Crippen LogP contribution in [0, 0.1) is 20.8 Å². The third-order valence-corrected chi connectivity index (χ3v) is 6.90. The van der Waals surface area contributed by atoms with Crippen LogP contribution in [-0.2, 0) is 13.0 Å². The summed E-state index contributed by atoms with van der Waals surface area (Å²) in [7, 11) is 1.72. The predicted octanol–water partition coefficient (Wildman–Crippen LogP) is 4.98. The number of nitrogen functional groups attached to an aromatic ring is 1. The molecule has 0 bridgehead atoms. The summed E-state index contributed by atoms with van der Waals surface area (Å²) in [5.74, 6) is 2.00. The number of benzene rings is 2. The molecule has 2 aliphatic rings. The summed E-state index contributed by atoms with van der Waals surface area (Å²) < 4.78 is 11.9. The highest BCUT2D eigenvalue weighted by Crippen LogP contribution is 2.43. The van der Waals surface area contributed by atoms with E-state index >= 15 is 0 Å². The van der Waals surface area contributed by atoms with Gasteiger partial charge in [-0.05, 0) is 62.1 Å². The number of rotatable bonds is 5. The van der Waals surface area contributed by atoms with Gasteiger partial charge in [0.25, 0.3) is 0 Å². The number of nitrogens with two attached hydrogens (primary N) is 1. The second-order valence-electron chi connectivity index (χ2n) is 9.23. The number of hydrogen-bond donors (Lipinski definition) is 1. The fourth-order valence-electron chi connectivity index (χ4n) is 4.92. The van der Waals surface area contributed by atoms with E-state index in [2.05, 4.69) is 55.7 Å². The zero-order chi connectivity index (χ0) is 21.5. The first-order valence-corrected chi connectivity index (χ1v) is 10.9. The Hall–Kier alpha value is -1.37. The molecule has 4 rings (SSSR count). The van der Waals surface area contributed by atoms with Crippen molar-refractivity contribution in [2.75, 3.05) is 45.6 Å². The summed E-state index contributed by atoms with van der Waals surface area (Å²) in [6.07, 6.45) is 0.934. The van der Waals surface area contributed by atoms with Gasteiger partial charge in [0.2, 0.25) is 0 Å². The molecule has 2 aromatic rings. The van der Waals surface area contributed by atoms with Crippen molar-refractivity contribution >= 4 is 42.9 Å². The van der Waals surface area contributed by atoms with E-state index in [-0.39, 0.29) is 42.8 Å². The molecule has 8 heteroatoms. The van der Waals surface area contributed by atoms with Crippen LogP contribution in [0.4, 0.5) is 5.69 Å². The highest BCUT2D eigenvalue weighted by molar-refractivity contribution is 5.86. The summed E-state index contributed by atoms with van der Waals surface area (Å²) in [6.45, 7) is 14.8. The van der Waals surface area contributed by atoms with Crippen LogP contribution in [-0.4, -0.2) is 55.2 Å². The molecule has 0 spiro atoms. The average Bonchev–Trinajstić information content (AvgIpc) is 3.10. The lowest BCUT2D eigenvalue weighted by Crippen LogP contribution is -2.52. The zero-order valence-corrected chi connectivity index (χ0v) is 22.7. The lowest BCUT2D eigenvalue weighted by molar-refractivity contribution is 0.0364. The van der Waals surface area contributed by atoms with E-state index in [0.717, 1.165) is 68.4 Å². The van der Waals surface area contributed by atoms with Gasteiger partial charge in [0.1, 0.15) is 17.1 Å². The number of ether oxygens (including phenoxy) is 2. The molecule has 0 aromatic heterocycles. The number of methoxy groups -OCH3 is 1. The highest BCUT2D eigenvalue weighted by Gasteiger charge is 2.39. The molecule has 0 saturated carbocycles. The molecule has 2 heterocycles. The molecule has 1 saturated heterocycles. The molecule has 33 heavy (non-hydrogen) atoms. The fourth-order valence-corrected chi connectivity index (χ4v) is 4.92. The average molecular weight is 519 g/mol. The number of hydrogen-bond acceptors (Lipinski definition) is 5. The van der Waals surface area contributed by atoms with Crippen molar-refractivity contribution in [3.8, 4) is 11.5 Å². The van der Waals surface area contributed by atoms with Crippen LogP contribution in [0.25, 0.3) is 0 Å². The molecule has 186 valence electrons. The minimum absolute atomic E-state index is 0. The topological polar surface area (TPSA) is 51.0 Å². The standard InChI is InChI=1S/C25H35N3O2.3ClH/c1-17-18(2)24-22(19(3)23(17)26)14-25(4,30-24)16-28-11-9-27(10-12-28)15-20-7-6-8-21(13-20)29-5;;;/h6-8,13H,9-12,14-16,26H2,1-5H3;3*1H. The highest BCUT2D eigenvalue weighted by atomic mass is 35.5. The Morgan fingerprint density at radius 2 is 1.61 bits per heavy atom. The van der Waals surface area contributed by atoms with E-state index < -0.39 is 0 Å². The van der Waals surface area contributed by atoms with Gasteiger partial charge in [0.05, 0.1) is 7.11 Å². The Morgan fingerprint density at radius 3 is 2.24 bits per heavy atom. The van der Waals surface area contributed by atoms with Gasteiger partial charge in [-0.1, -0.05) is 12.1 Å². The molecule has 0 amide bonds. The second kappa shape index (κ2) is 11.9. The molecule has 5 nitrogen and oxygen atoms in total. The third kappa shape index (κ3) is 6.20. The normalized spacial score (nSPS) is 20.0. The Bertz CT molecular complexity index is 910. The van der Waals surface area contributed by atoms with Gasteiger partial charge >= 0.3 is 0 Å². The number of nitrogens with zero attached hydrogens (tertiary/aromatic N) is 2. The second-order valence-corrected chi connectivity index (χ2v) is 9.23. The van der Waals surface area contributed by atoms with Gasteiger partial charge in [-0.15, -0.1) is 37.2 Å². The van der Waals surface area contributed by atoms with Gasteiger partial charge in [-0.25, -0.2) is 0 Å². The van der Waals surface area contributed by atoms with E-state index in [1.165, 1.54) is 22.3 Å². The van der Waals surface area contributed by atoms with Gasteiger partial charge in [0.15, 0.2) is 0 Å². The van der Waals surface area contributed by atoms with Crippen LogP contribution in [0.3, 0.4) is 0 Å². The van der Waals surface area contributed by atoms with Crippen LogP contribution in [0.5, 0.6) is 11.5 Å². The molecule has 2 N–H and O–H groups in total. The minimum Gasteiger partial charge on any atom is -0.497 e. The molecular formula is C25H38Cl3N3O2. The molecule has 2 aliphatic heterocycles. The Kier molecular flexibility index (Phi) is 10.7. The third-order valence-electron chi connectivity index (χ3n) is 6.90. The molecule has 1 fully saturated rings. The van der Waals surface area contributed by atoms with Gasteiger partial charge in [-0.3, -0.25) is 9.80 Å². The SMILES string of the molecule is COc1cccc(CN2CCN(CC3(C)Cc4c(C)c(N)c(C)c(C)c4O3)CC2)c1.Cl.Cl.Cl. The first-order chi connectivity index (χ1) is 14.3. The number of piperazine rings is 1. The summed E-state index contributed by atoms with van der Waals surface area (Å²) >= 11 is 0. The summed E-state index contributed by atoms with van der Waals surface area (Å²) in [5.41, 5.74) is 13.2. The van der Waals surface area contributed by atoms with Crippen molar-refractivity contribution < 1.29 is 9.47 Å². The maximum Gasteiger partial charge on any atom is 0.127 e. The van der Waals surface area contributed by atoms with Crippen molar-refractivity contribution in [3.63, 3.8) is 0 Å². The van der Waals surface area contributed by atoms with Crippen LogP contribution >= 0.6 is 37.2 Å².